The zero-order valence-electron chi connectivity index (χ0n) is 7.98. The molecule has 5 heteroatoms. The van der Waals surface area contributed by atoms with Crippen LogP contribution in [-0.2, 0) is 9.63 Å². The van der Waals surface area contributed by atoms with Crippen LogP contribution in [0.1, 0.15) is 18.4 Å². The van der Waals surface area contributed by atoms with Gasteiger partial charge in [0.25, 0.3) is 0 Å². The second-order valence-electron chi connectivity index (χ2n) is 2.75. The van der Waals surface area contributed by atoms with Crippen molar-refractivity contribution in [3.63, 3.8) is 0 Å². The first-order valence-electron chi connectivity index (χ1n) is 4.05. The lowest BCUT2D eigenvalue weighted by molar-refractivity contribution is -0.142. The maximum absolute atomic E-state index is 10.1. The molecule has 0 saturated heterocycles. The lowest BCUT2D eigenvalue weighted by Gasteiger charge is -1.96. The Morgan fingerprint density at radius 2 is 2.36 bits per heavy atom. The number of aryl methyl sites for hydroxylation is 1. The van der Waals surface area contributed by atoms with Crippen LogP contribution in [0.4, 0.5) is 0 Å². The molecule has 14 heavy (non-hydrogen) atoms. The molecule has 5 nitrogen and oxygen atoms in total. The van der Waals surface area contributed by atoms with Gasteiger partial charge in [0.1, 0.15) is 11.5 Å². The van der Waals surface area contributed by atoms with E-state index in [1.165, 1.54) is 0 Å². The van der Waals surface area contributed by atoms with Crippen molar-refractivity contribution in [1.29, 1.82) is 0 Å². The van der Waals surface area contributed by atoms with Crippen LogP contribution in [-0.4, -0.2) is 23.4 Å². The van der Waals surface area contributed by atoms with Crippen molar-refractivity contribution in [2.24, 2.45) is 5.16 Å². The number of furan rings is 1. The molecule has 0 aliphatic heterocycles. The molecule has 1 aromatic rings. The van der Waals surface area contributed by atoms with Crippen molar-refractivity contribution in [2.75, 3.05) is 6.61 Å². The first-order chi connectivity index (χ1) is 6.59. The minimum atomic E-state index is -1.06. The molecule has 1 aromatic heterocycles. The summed E-state index contributed by atoms with van der Waals surface area (Å²) < 4.78 is 5.24. The summed E-state index contributed by atoms with van der Waals surface area (Å²) in [5.74, 6) is 0.290. The van der Waals surface area contributed by atoms with Gasteiger partial charge in [0.2, 0.25) is 6.61 Å². The van der Waals surface area contributed by atoms with Gasteiger partial charge in [-0.25, -0.2) is 4.79 Å². The van der Waals surface area contributed by atoms with Crippen LogP contribution in [0.25, 0.3) is 0 Å². The minimum absolute atomic E-state index is 0.447. The average Bonchev–Trinajstić information content (AvgIpc) is 2.51. The molecule has 0 aromatic carbocycles. The van der Waals surface area contributed by atoms with Gasteiger partial charge < -0.3 is 14.4 Å². The van der Waals surface area contributed by atoms with Gasteiger partial charge in [0.15, 0.2) is 5.76 Å². The maximum Gasteiger partial charge on any atom is 0.344 e. The lowest BCUT2D eigenvalue weighted by Crippen LogP contribution is -2.05. The smallest absolute Gasteiger partial charge is 0.344 e. The molecule has 0 aliphatic carbocycles. The fraction of sp³-hybridized carbons (Fsp3) is 0.333. The maximum atomic E-state index is 10.1. The summed E-state index contributed by atoms with van der Waals surface area (Å²) in [5, 5.41) is 11.9. The van der Waals surface area contributed by atoms with E-state index >= 15 is 0 Å². The van der Waals surface area contributed by atoms with E-state index in [4.69, 9.17) is 9.52 Å². The van der Waals surface area contributed by atoms with Gasteiger partial charge in [-0.1, -0.05) is 5.16 Å². The first-order valence-corrected chi connectivity index (χ1v) is 4.05. The molecule has 0 bridgehead atoms. The molecule has 0 aliphatic rings. The third-order valence-electron chi connectivity index (χ3n) is 1.49. The topological polar surface area (TPSA) is 72.0 Å². The van der Waals surface area contributed by atoms with E-state index < -0.39 is 12.6 Å². The number of rotatable bonds is 4. The van der Waals surface area contributed by atoms with Crippen LogP contribution in [0.3, 0.4) is 0 Å². The van der Waals surface area contributed by atoms with E-state index in [0.29, 0.717) is 11.5 Å². The van der Waals surface area contributed by atoms with E-state index in [9.17, 15) is 4.79 Å². The van der Waals surface area contributed by atoms with E-state index in [-0.39, 0.29) is 0 Å². The molecule has 76 valence electrons. The highest BCUT2D eigenvalue weighted by molar-refractivity contribution is 5.95. The molecular formula is C9H11NO4. The van der Waals surface area contributed by atoms with Crippen LogP contribution in [0, 0.1) is 6.92 Å². The van der Waals surface area contributed by atoms with Gasteiger partial charge in [0.05, 0.1) is 0 Å². The summed E-state index contributed by atoms with van der Waals surface area (Å²) in [6.07, 6.45) is 0. The molecular weight excluding hydrogens is 186 g/mol. The van der Waals surface area contributed by atoms with Crippen LogP contribution in [0.5, 0.6) is 0 Å². The number of hydrogen-bond acceptors (Lipinski definition) is 4. The van der Waals surface area contributed by atoms with Gasteiger partial charge in [-0.2, -0.15) is 0 Å². The predicted molar refractivity (Wildman–Crippen MR) is 49.2 cm³/mol. The highest BCUT2D eigenvalue weighted by atomic mass is 16.6. The molecule has 0 saturated carbocycles. The Kier molecular flexibility index (Phi) is 3.28. The SMILES string of the molecule is CC(=NOCC(=O)O)c1ccc(C)o1. The molecule has 0 unspecified atom stereocenters. The second-order valence-corrected chi connectivity index (χ2v) is 2.75. The van der Waals surface area contributed by atoms with Crippen molar-refractivity contribution in [3.05, 3.63) is 23.7 Å². The van der Waals surface area contributed by atoms with Crippen molar-refractivity contribution in [2.45, 2.75) is 13.8 Å². The summed E-state index contributed by atoms with van der Waals surface area (Å²) in [6.45, 7) is 3.05. The number of carbonyl (C=O) groups is 1. The largest absolute Gasteiger partial charge is 0.479 e. The second kappa shape index (κ2) is 4.45. The minimum Gasteiger partial charge on any atom is -0.479 e. The molecule has 1 N–H and O–H groups in total. The number of nitrogens with zero attached hydrogens (tertiary/aromatic N) is 1. The lowest BCUT2D eigenvalue weighted by atomic mass is 10.3. The Hall–Kier alpha value is -1.78. The predicted octanol–water partition coefficient (Wildman–Crippen LogP) is 1.41. The number of carboxylic acid groups (broad SMARTS) is 1. The van der Waals surface area contributed by atoms with E-state index in [0.717, 1.165) is 5.76 Å². The summed E-state index contributed by atoms with van der Waals surface area (Å²) in [4.78, 5) is 14.7. The Balaban J connectivity index is 2.56. The van der Waals surface area contributed by atoms with Gasteiger partial charge >= 0.3 is 5.97 Å². The Morgan fingerprint density at radius 1 is 1.64 bits per heavy atom. The van der Waals surface area contributed by atoms with E-state index in [1.54, 1.807) is 19.1 Å². The Morgan fingerprint density at radius 3 is 2.86 bits per heavy atom. The summed E-state index contributed by atoms with van der Waals surface area (Å²) >= 11 is 0. The Bertz CT molecular complexity index is 353. The quantitative estimate of drug-likeness (QED) is 0.585. The standard InChI is InChI=1S/C9H11NO4/c1-6-3-4-8(14-6)7(2)10-13-5-9(11)12/h3-4H,5H2,1-2H3,(H,11,12). The zero-order chi connectivity index (χ0) is 10.6. The van der Waals surface area contributed by atoms with Crippen LogP contribution in [0.15, 0.2) is 21.7 Å². The van der Waals surface area contributed by atoms with Gasteiger partial charge in [-0.3, -0.25) is 0 Å². The average molecular weight is 197 g/mol. The van der Waals surface area contributed by atoms with Gasteiger partial charge in [0, 0.05) is 0 Å². The van der Waals surface area contributed by atoms with Crippen molar-refractivity contribution in [1.82, 2.24) is 0 Å². The molecule has 0 atom stereocenters. The van der Waals surface area contributed by atoms with E-state index in [1.807, 2.05) is 6.92 Å². The summed E-state index contributed by atoms with van der Waals surface area (Å²) in [6, 6.07) is 3.55. The first kappa shape index (κ1) is 10.3. The molecule has 0 radical (unpaired) electrons. The normalized spacial score (nSPS) is 11.4. The Labute approximate surface area is 81.0 Å². The van der Waals surface area contributed by atoms with Gasteiger partial charge in [-0.15, -0.1) is 0 Å². The monoisotopic (exact) mass is 197 g/mol. The molecule has 1 heterocycles. The third-order valence-corrected chi connectivity index (χ3v) is 1.49. The highest BCUT2D eigenvalue weighted by Gasteiger charge is 2.03. The zero-order valence-corrected chi connectivity index (χ0v) is 7.98. The summed E-state index contributed by atoms with van der Waals surface area (Å²) in [7, 11) is 0. The number of oxime groups is 1. The molecule has 0 spiro atoms. The number of carboxylic acids is 1. The highest BCUT2D eigenvalue weighted by Crippen LogP contribution is 2.07. The van der Waals surface area contributed by atoms with E-state index in [2.05, 4.69) is 9.99 Å². The fourth-order valence-electron chi connectivity index (χ4n) is 0.858. The number of aliphatic carboxylic acids is 1. The van der Waals surface area contributed by atoms with Crippen LogP contribution in [0.2, 0.25) is 0 Å². The summed E-state index contributed by atoms with van der Waals surface area (Å²) in [5.41, 5.74) is 0.513. The van der Waals surface area contributed by atoms with Gasteiger partial charge in [-0.05, 0) is 26.0 Å². The third kappa shape index (κ3) is 2.93. The van der Waals surface area contributed by atoms with Crippen molar-refractivity contribution in [3.8, 4) is 0 Å². The number of hydrogen-bond donors (Lipinski definition) is 1. The molecule has 1 rings (SSSR count). The molecule has 0 amide bonds. The van der Waals surface area contributed by atoms with Crippen LogP contribution >= 0.6 is 0 Å². The fourth-order valence-corrected chi connectivity index (χ4v) is 0.858. The van der Waals surface area contributed by atoms with Crippen molar-refractivity contribution >= 4 is 11.7 Å². The molecule has 0 fully saturated rings. The van der Waals surface area contributed by atoms with Crippen molar-refractivity contribution < 1.29 is 19.2 Å². The van der Waals surface area contributed by atoms with Crippen LogP contribution < -0.4 is 0 Å².